The van der Waals surface area contributed by atoms with Crippen LogP contribution < -0.4 is 4.74 Å². The van der Waals surface area contributed by atoms with E-state index in [1.807, 2.05) is 0 Å². The first kappa shape index (κ1) is 13.8. The van der Waals surface area contributed by atoms with Gasteiger partial charge in [-0.2, -0.15) is 0 Å². The van der Waals surface area contributed by atoms with Crippen molar-refractivity contribution in [2.75, 3.05) is 19.7 Å². The van der Waals surface area contributed by atoms with Crippen molar-refractivity contribution in [1.29, 1.82) is 0 Å². The van der Waals surface area contributed by atoms with E-state index in [0.717, 1.165) is 0 Å². The van der Waals surface area contributed by atoms with Crippen molar-refractivity contribution >= 4 is 5.91 Å². The van der Waals surface area contributed by atoms with Gasteiger partial charge < -0.3 is 19.8 Å². The van der Waals surface area contributed by atoms with Gasteiger partial charge in [-0.3, -0.25) is 4.79 Å². The molecule has 0 aromatic heterocycles. The third-order valence-electron chi connectivity index (χ3n) is 2.99. The second-order valence-corrected chi connectivity index (χ2v) is 4.49. The van der Waals surface area contributed by atoms with E-state index in [1.54, 1.807) is 6.07 Å². The van der Waals surface area contributed by atoms with Crippen molar-refractivity contribution < 1.29 is 24.1 Å². The van der Waals surface area contributed by atoms with Gasteiger partial charge in [0.1, 0.15) is 11.6 Å². The van der Waals surface area contributed by atoms with Crippen molar-refractivity contribution in [3.05, 3.63) is 30.1 Å². The van der Waals surface area contributed by atoms with Crippen LogP contribution in [0.1, 0.15) is 6.42 Å². The number of likely N-dealkylation sites (tertiary alicyclic amines) is 1. The van der Waals surface area contributed by atoms with Crippen LogP contribution in [-0.4, -0.2) is 52.9 Å². The third-order valence-corrected chi connectivity index (χ3v) is 2.99. The highest BCUT2D eigenvalue weighted by atomic mass is 19.1. The average molecular weight is 269 g/mol. The molecule has 0 aliphatic carbocycles. The van der Waals surface area contributed by atoms with E-state index in [4.69, 9.17) is 4.74 Å². The van der Waals surface area contributed by atoms with E-state index in [9.17, 15) is 19.4 Å². The maximum Gasteiger partial charge on any atom is 0.226 e. The number of hydrogen-bond acceptors (Lipinski definition) is 4. The van der Waals surface area contributed by atoms with E-state index in [1.165, 1.54) is 23.1 Å². The largest absolute Gasteiger partial charge is 0.493 e. The van der Waals surface area contributed by atoms with Crippen LogP contribution in [0.15, 0.2) is 24.3 Å². The molecule has 1 aliphatic heterocycles. The van der Waals surface area contributed by atoms with Gasteiger partial charge in [0.05, 0.1) is 25.2 Å². The Morgan fingerprint density at radius 2 is 2.05 bits per heavy atom. The summed E-state index contributed by atoms with van der Waals surface area (Å²) in [5.41, 5.74) is 0. The fourth-order valence-electron chi connectivity index (χ4n) is 1.94. The molecule has 19 heavy (non-hydrogen) atoms. The van der Waals surface area contributed by atoms with Gasteiger partial charge in [-0.1, -0.05) is 6.07 Å². The summed E-state index contributed by atoms with van der Waals surface area (Å²) in [6.07, 6.45) is -1.64. The van der Waals surface area contributed by atoms with E-state index in [0.29, 0.717) is 5.75 Å². The molecule has 1 aromatic carbocycles. The van der Waals surface area contributed by atoms with Crippen LogP contribution in [0.25, 0.3) is 0 Å². The van der Waals surface area contributed by atoms with Gasteiger partial charge >= 0.3 is 0 Å². The smallest absolute Gasteiger partial charge is 0.226 e. The summed E-state index contributed by atoms with van der Waals surface area (Å²) in [5.74, 6) is -0.226. The third kappa shape index (κ3) is 3.65. The SMILES string of the molecule is O=C(CCOc1cccc(F)c1)N1CC(O)C(O)C1. The maximum absolute atomic E-state index is 12.9. The molecular formula is C13H16FNO4. The molecule has 1 heterocycles. The predicted octanol–water partition coefficient (Wildman–Crippen LogP) is 0.159. The number of aliphatic hydroxyl groups is 2. The molecule has 2 rings (SSSR count). The van der Waals surface area contributed by atoms with Crippen LogP contribution in [0.2, 0.25) is 0 Å². The minimum atomic E-state index is -0.881. The van der Waals surface area contributed by atoms with Crippen LogP contribution in [0, 0.1) is 5.82 Å². The lowest BCUT2D eigenvalue weighted by molar-refractivity contribution is -0.131. The fourth-order valence-corrected chi connectivity index (χ4v) is 1.94. The first-order valence-corrected chi connectivity index (χ1v) is 6.08. The number of rotatable bonds is 4. The molecule has 6 heteroatoms. The van der Waals surface area contributed by atoms with E-state index >= 15 is 0 Å². The quantitative estimate of drug-likeness (QED) is 0.817. The van der Waals surface area contributed by atoms with Crippen LogP contribution in [0.3, 0.4) is 0 Å². The minimum absolute atomic E-state index is 0.121. The lowest BCUT2D eigenvalue weighted by Gasteiger charge is -2.15. The summed E-state index contributed by atoms with van der Waals surface area (Å²) in [7, 11) is 0. The first-order chi connectivity index (χ1) is 9.06. The average Bonchev–Trinajstić information content (AvgIpc) is 2.70. The zero-order valence-corrected chi connectivity index (χ0v) is 10.3. The Labute approximate surface area is 110 Å². The number of carbonyl (C=O) groups excluding carboxylic acids is 1. The van der Waals surface area contributed by atoms with Gasteiger partial charge in [0.25, 0.3) is 0 Å². The lowest BCUT2D eigenvalue weighted by Crippen LogP contribution is -2.30. The normalized spacial score (nSPS) is 22.6. The molecule has 2 unspecified atom stereocenters. The number of nitrogens with zero attached hydrogens (tertiary/aromatic N) is 1. The monoisotopic (exact) mass is 269 g/mol. The number of hydrogen-bond donors (Lipinski definition) is 2. The Kier molecular flexibility index (Phi) is 4.34. The molecule has 1 aromatic rings. The van der Waals surface area contributed by atoms with Crippen molar-refractivity contribution in [1.82, 2.24) is 4.90 Å². The highest BCUT2D eigenvalue weighted by Gasteiger charge is 2.32. The van der Waals surface area contributed by atoms with Crippen molar-refractivity contribution in [2.45, 2.75) is 18.6 Å². The van der Waals surface area contributed by atoms with Gasteiger partial charge in [0.2, 0.25) is 5.91 Å². The number of carbonyl (C=O) groups is 1. The second-order valence-electron chi connectivity index (χ2n) is 4.49. The summed E-state index contributed by atoms with van der Waals surface area (Å²) in [6, 6.07) is 5.69. The van der Waals surface area contributed by atoms with E-state index in [2.05, 4.69) is 0 Å². The fraction of sp³-hybridized carbons (Fsp3) is 0.462. The van der Waals surface area contributed by atoms with Crippen LogP contribution >= 0.6 is 0 Å². The lowest BCUT2D eigenvalue weighted by atomic mass is 10.3. The Hall–Kier alpha value is -1.66. The standard InChI is InChI=1S/C13H16FNO4/c14-9-2-1-3-10(6-9)19-5-4-13(18)15-7-11(16)12(17)8-15/h1-3,6,11-12,16-17H,4-5,7-8H2. The molecule has 2 atom stereocenters. The maximum atomic E-state index is 12.9. The number of β-amino-alcohol motifs (C(OH)–C–C–N with tert-alkyl or cyclic N) is 2. The number of amides is 1. The van der Waals surface area contributed by atoms with E-state index in [-0.39, 0.29) is 32.0 Å². The van der Waals surface area contributed by atoms with Gasteiger partial charge in [0.15, 0.2) is 0 Å². The van der Waals surface area contributed by atoms with E-state index < -0.39 is 18.0 Å². The molecule has 0 saturated carbocycles. The van der Waals surface area contributed by atoms with Crippen LogP contribution in [0.4, 0.5) is 4.39 Å². The summed E-state index contributed by atoms with van der Waals surface area (Å²) >= 11 is 0. The van der Waals surface area contributed by atoms with Crippen LogP contribution in [-0.2, 0) is 4.79 Å². The second kappa shape index (κ2) is 5.99. The summed E-state index contributed by atoms with van der Waals surface area (Å²) < 4.78 is 18.1. The highest BCUT2D eigenvalue weighted by molar-refractivity contribution is 5.76. The molecule has 2 N–H and O–H groups in total. The number of halogens is 1. The first-order valence-electron chi connectivity index (χ1n) is 6.08. The van der Waals surface area contributed by atoms with Crippen molar-refractivity contribution in [2.24, 2.45) is 0 Å². The molecule has 0 bridgehead atoms. The summed E-state index contributed by atoms with van der Waals surface area (Å²) in [4.78, 5) is 13.1. The molecule has 1 saturated heterocycles. The Bertz CT molecular complexity index is 444. The molecule has 0 spiro atoms. The summed E-state index contributed by atoms with van der Waals surface area (Å²) in [5, 5.41) is 18.7. The molecule has 1 amide bonds. The molecule has 1 fully saturated rings. The number of aliphatic hydroxyl groups excluding tert-OH is 2. The van der Waals surface area contributed by atoms with Gasteiger partial charge in [-0.05, 0) is 12.1 Å². The Balaban J connectivity index is 1.75. The minimum Gasteiger partial charge on any atom is -0.493 e. The topological polar surface area (TPSA) is 70.0 Å². The number of ether oxygens (including phenoxy) is 1. The highest BCUT2D eigenvalue weighted by Crippen LogP contribution is 2.14. The molecular weight excluding hydrogens is 253 g/mol. The zero-order chi connectivity index (χ0) is 13.8. The molecule has 104 valence electrons. The van der Waals surface area contributed by atoms with Gasteiger partial charge in [-0.15, -0.1) is 0 Å². The molecule has 0 radical (unpaired) electrons. The van der Waals surface area contributed by atoms with Gasteiger partial charge in [-0.25, -0.2) is 4.39 Å². The van der Waals surface area contributed by atoms with Crippen LogP contribution in [0.5, 0.6) is 5.75 Å². The summed E-state index contributed by atoms with van der Waals surface area (Å²) in [6.45, 7) is 0.408. The van der Waals surface area contributed by atoms with Crippen molar-refractivity contribution in [3.8, 4) is 5.75 Å². The Morgan fingerprint density at radius 3 is 2.68 bits per heavy atom. The predicted molar refractivity (Wildman–Crippen MR) is 65.1 cm³/mol. The zero-order valence-electron chi connectivity index (χ0n) is 10.3. The van der Waals surface area contributed by atoms with Crippen molar-refractivity contribution in [3.63, 3.8) is 0 Å². The number of benzene rings is 1. The molecule has 5 nitrogen and oxygen atoms in total. The van der Waals surface area contributed by atoms with Gasteiger partial charge in [0, 0.05) is 19.2 Å². The Morgan fingerprint density at radius 1 is 1.37 bits per heavy atom. The molecule has 1 aliphatic rings.